The van der Waals surface area contributed by atoms with E-state index in [1.54, 1.807) is 12.1 Å². The maximum absolute atomic E-state index is 13.3. The number of piperidine rings is 2. The molecule has 2 aliphatic heterocycles. The number of hydrogen-bond acceptors (Lipinski definition) is 4. The normalized spacial score (nSPS) is 23.7. The van der Waals surface area contributed by atoms with Crippen molar-refractivity contribution in [2.75, 3.05) is 51.2 Å². The van der Waals surface area contributed by atoms with Crippen molar-refractivity contribution in [3.05, 3.63) is 65.7 Å². The van der Waals surface area contributed by atoms with Crippen LogP contribution in [0, 0.1) is 23.5 Å². The van der Waals surface area contributed by atoms with Crippen LogP contribution < -0.4 is 10.6 Å². The van der Waals surface area contributed by atoms with Crippen LogP contribution >= 0.6 is 0 Å². The lowest BCUT2D eigenvalue weighted by atomic mass is 9.88. The van der Waals surface area contributed by atoms with Crippen LogP contribution in [0.25, 0.3) is 0 Å². The van der Waals surface area contributed by atoms with E-state index >= 15 is 0 Å². The van der Waals surface area contributed by atoms with Gasteiger partial charge < -0.3 is 25.5 Å². The lowest BCUT2D eigenvalue weighted by Gasteiger charge is -2.42. The molecule has 2 aromatic rings. The molecule has 2 heterocycles. The third-order valence-corrected chi connectivity index (χ3v) is 7.19. The van der Waals surface area contributed by atoms with Crippen LogP contribution in [0.3, 0.4) is 0 Å². The number of anilines is 1. The van der Waals surface area contributed by atoms with Gasteiger partial charge in [0.15, 0.2) is 0 Å². The highest BCUT2D eigenvalue weighted by Crippen LogP contribution is 2.25. The topological polar surface area (TPSA) is 67.8 Å². The summed E-state index contributed by atoms with van der Waals surface area (Å²) in [4.78, 5) is 17.4. The molecule has 3 atom stereocenters. The van der Waals surface area contributed by atoms with Gasteiger partial charge in [0, 0.05) is 50.4 Å². The summed E-state index contributed by atoms with van der Waals surface area (Å²) in [6.45, 7) is 5.31. The average molecular weight is 487 g/mol. The quantitative estimate of drug-likeness (QED) is 0.532. The summed E-state index contributed by atoms with van der Waals surface area (Å²) in [6, 6.07) is 12.3. The van der Waals surface area contributed by atoms with Gasteiger partial charge in [0.25, 0.3) is 0 Å². The van der Waals surface area contributed by atoms with Gasteiger partial charge in [0.1, 0.15) is 11.6 Å². The van der Waals surface area contributed by atoms with Gasteiger partial charge in [-0.2, -0.15) is 0 Å². The van der Waals surface area contributed by atoms with Gasteiger partial charge in [-0.05, 0) is 80.1 Å². The third-order valence-electron chi connectivity index (χ3n) is 7.19. The molecule has 35 heavy (non-hydrogen) atoms. The molecule has 8 heteroatoms. The van der Waals surface area contributed by atoms with Crippen LogP contribution in [0.1, 0.15) is 24.8 Å². The Labute approximate surface area is 206 Å². The van der Waals surface area contributed by atoms with E-state index in [0.717, 1.165) is 58.4 Å². The number of carbonyl (C=O) groups excluding carboxylic acids is 1. The summed E-state index contributed by atoms with van der Waals surface area (Å²) < 4.78 is 26.4. The molecular formula is C27H36F2N4O2. The highest BCUT2D eigenvalue weighted by atomic mass is 19.1. The second kappa shape index (κ2) is 12.4. The van der Waals surface area contributed by atoms with Crippen molar-refractivity contribution >= 4 is 11.7 Å². The van der Waals surface area contributed by atoms with Crippen molar-refractivity contribution in [1.29, 1.82) is 0 Å². The molecule has 6 nitrogen and oxygen atoms in total. The van der Waals surface area contributed by atoms with Crippen molar-refractivity contribution in [3.63, 3.8) is 0 Å². The number of carbonyl (C=O) groups is 1. The van der Waals surface area contributed by atoms with E-state index in [2.05, 4.69) is 20.4 Å². The van der Waals surface area contributed by atoms with E-state index in [1.165, 1.54) is 29.8 Å². The molecule has 2 fully saturated rings. The fourth-order valence-electron chi connectivity index (χ4n) is 5.47. The van der Waals surface area contributed by atoms with Crippen LogP contribution in [-0.4, -0.2) is 72.9 Å². The number of rotatable bonds is 8. The molecule has 190 valence electrons. The summed E-state index contributed by atoms with van der Waals surface area (Å²) in [7, 11) is 0. The number of amides is 2. The Morgan fingerprint density at radius 3 is 2.37 bits per heavy atom. The van der Waals surface area contributed by atoms with Gasteiger partial charge >= 0.3 is 6.03 Å². The Morgan fingerprint density at radius 1 is 0.943 bits per heavy atom. The highest BCUT2D eigenvalue weighted by Gasteiger charge is 2.33. The molecule has 0 bridgehead atoms. The lowest BCUT2D eigenvalue weighted by Crippen LogP contribution is -2.56. The SMILES string of the molecule is O=C(Nc1ccc(F)cc1)N[C@@H]1CCN(CCO)C[C@H]1CN1CCCC(Cc2ccc(F)cc2)C1. The first-order chi connectivity index (χ1) is 17.0. The number of likely N-dealkylation sites (tertiary alicyclic amines) is 2. The molecular weight excluding hydrogens is 450 g/mol. The van der Waals surface area contributed by atoms with E-state index in [0.29, 0.717) is 18.2 Å². The van der Waals surface area contributed by atoms with Gasteiger partial charge in [-0.25, -0.2) is 13.6 Å². The number of halogens is 2. The Kier molecular flexibility index (Phi) is 9.06. The zero-order valence-corrected chi connectivity index (χ0v) is 20.1. The molecule has 3 N–H and O–H groups in total. The first-order valence-electron chi connectivity index (χ1n) is 12.6. The monoisotopic (exact) mass is 486 g/mol. The molecule has 0 aromatic heterocycles. The second-order valence-corrected chi connectivity index (χ2v) is 9.88. The zero-order chi connectivity index (χ0) is 24.6. The molecule has 4 rings (SSSR count). The fourth-order valence-corrected chi connectivity index (χ4v) is 5.47. The summed E-state index contributed by atoms with van der Waals surface area (Å²) >= 11 is 0. The number of aliphatic hydroxyl groups is 1. The van der Waals surface area contributed by atoms with E-state index in [4.69, 9.17) is 0 Å². The van der Waals surface area contributed by atoms with Crippen molar-refractivity contribution in [2.45, 2.75) is 31.7 Å². The molecule has 2 aliphatic rings. The van der Waals surface area contributed by atoms with Crippen LogP contribution in [0.5, 0.6) is 0 Å². The van der Waals surface area contributed by atoms with E-state index in [1.807, 2.05) is 12.1 Å². The summed E-state index contributed by atoms with van der Waals surface area (Å²) in [5.41, 5.74) is 1.72. The number of nitrogens with zero attached hydrogens (tertiary/aromatic N) is 2. The molecule has 0 aliphatic carbocycles. The van der Waals surface area contributed by atoms with Gasteiger partial charge in [0.2, 0.25) is 0 Å². The number of β-amino-alcohol motifs (C(OH)–C–C–N with tert-alkyl or cyclic N) is 1. The minimum absolute atomic E-state index is 0.0165. The van der Waals surface area contributed by atoms with Crippen molar-refractivity contribution in [2.24, 2.45) is 11.8 Å². The summed E-state index contributed by atoms with van der Waals surface area (Å²) in [5.74, 6) is 0.218. The molecule has 2 saturated heterocycles. The van der Waals surface area contributed by atoms with E-state index in [-0.39, 0.29) is 36.2 Å². The second-order valence-electron chi connectivity index (χ2n) is 9.88. The maximum Gasteiger partial charge on any atom is 0.319 e. The minimum atomic E-state index is -0.341. The molecule has 0 saturated carbocycles. The Balaban J connectivity index is 1.35. The molecule has 2 aromatic carbocycles. The highest BCUT2D eigenvalue weighted by molar-refractivity contribution is 5.89. The molecule has 2 amide bonds. The fraction of sp³-hybridized carbons (Fsp3) is 0.519. The standard InChI is InChI=1S/C27H36F2N4O2/c28-23-5-3-20(4-6-23)16-21-2-1-12-33(17-21)19-22-18-32(14-15-34)13-11-26(22)31-27(35)30-25-9-7-24(29)8-10-25/h3-10,21-22,26,34H,1-2,11-19H2,(H2,30,31,35)/t21?,22-,26+/m0/s1. The molecule has 1 unspecified atom stereocenters. The van der Waals surface area contributed by atoms with Crippen molar-refractivity contribution < 1.29 is 18.7 Å². The average Bonchev–Trinajstić information content (AvgIpc) is 2.84. The Morgan fingerprint density at radius 2 is 1.66 bits per heavy atom. The predicted molar refractivity (Wildman–Crippen MR) is 133 cm³/mol. The number of nitrogens with one attached hydrogen (secondary N) is 2. The van der Waals surface area contributed by atoms with Crippen LogP contribution in [0.15, 0.2) is 48.5 Å². The summed E-state index contributed by atoms with van der Waals surface area (Å²) in [5, 5.41) is 15.4. The Hall–Kier alpha value is -2.55. The molecule has 0 radical (unpaired) electrons. The predicted octanol–water partition coefficient (Wildman–Crippen LogP) is 3.72. The van der Waals surface area contributed by atoms with E-state index < -0.39 is 0 Å². The first-order valence-corrected chi connectivity index (χ1v) is 12.6. The van der Waals surface area contributed by atoms with Crippen LogP contribution in [0.2, 0.25) is 0 Å². The van der Waals surface area contributed by atoms with Gasteiger partial charge in [-0.15, -0.1) is 0 Å². The van der Waals surface area contributed by atoms with Gasteiger partial charge in [-0.3, -0.25) is 0 Å². The third kappa shape index (κ3) is 7.72. The number of benzene rings is 2. The van der Waals surface area contributed by atoms with Gasteiger partial charge in [0.05, 0.1) is 6.61 Å². The number of hydrogen-bond donors (Lipinski definition) is 3. The van der Waals surface area contributed by atoms with E-state index in [9.17, 15) is 18.7 Å². The largest absolute Gasteiger partial charge is 0.395 e. The minimum Gasteiger partial charge on any atom is -0.395 e. The first kappa shape index (κ1) is 25.5. The number of urea groups is 1. The van der Waals surface area contributed by atoms with Crippen molar-refractivity contribution in [1.82, 2.24) is 15.1 Å². The van der Waals surface area contributed by atoms with Crippen molar-refractivity contribution in [3.8, 4) is 0 Å². The van der Waals surface area contributed by atoms with Crippen LogP contribution in [0.4, 0.5) is 19.3 Å². The smallest absolute Gasteiger partial charge is 0.319 e. The molecule has 0 spiro atoms. The lowest BCUT2D eigenvalue weighted by molar-refractivity contribution is 0.0760. The summed E-state index contributed by atoms with van der Waals surface area (Å²) in [6.07, 6.45) is 4.05. The van der Waals surface area contributed by atoms with Crippen LogP contribution in [-0.2, 0) is 6.42 Å². The number of aliphatic hydroxyl groups excluding tert-OH is 1. The maximum atomic E-state index is 13.3. The Bertz CT molecular complexity index is 941. The zero-order valence-electron chi connectivity index (χ0n) is 20.1. The van der Waals surface area contributed by atoms with Gasteiger partial charge in [-0.1, -0.05) is 12.1 Å².